The van der Waals surface area contributed by atoms with Crippen LogP contribution in [0.15, 0.2) is 47.0 Å². The Morgan fingerprint density at radius 1 is 1.19 bits per heavy atom. The Morgan fingerprint density at radius 2 is 2.00 bits per heavy atom. The summed E-state index contributed by atoms with van der Waals surface area (Å²) in [4.78, 5) is 19.4. The summed E-state index contributed by atoms with van der Waals surface area (Å²) in [5, 5.41) is 4.64. The zero-order valence-corrected chi connectivity index (χ0v) is 16.0. The maximum atomic E-state index is 13.0. The maximum absolute atomic E-state index is 13.0. The summed E-state index contributed by atoms with van der Waals surface area (Å²) < 4.78 is 5.50. The van der Waals surface area contributed by atoms with Crippen molar-refractivity contribution in [1.29, 1.82) is 0 Å². The predicted molar refractivity (Wildman–Crippen MR) is 104 cm³/mol. The van der Waals surface area contributed by atoms with Crippen LogP contribution in [0.1, 0.15) is 46.3 Å². The molecule has 2 aromatic carbocycles. The number of rotatable bonds is 3. The fourth-order valence-corrected chi connectivity index (χ4v) is 3.65. The lowest BCUT2D eigenvalue weighted by Crippen LogP contribution is -2.30. The summed E-state index contributed by atoms with van der Waals surface area (Å²) >= 11 is 6.23. The van der Waals surface area contributed by atoms with Gasteiger partial charge in [0.15, 0.2) is 0 Å². The highest BCUT2D eigenvalue weighted by Gasteiger charge is 2.34. The molecule has 27 heavy (non-hydrogen) atoms. The lowest BCUT2D eigenvalue weighted by molar-refractivity contribution is 0.0710. The van der Waals surface area contributed by atoms with E-state index in [0.717, 1.165) is 24.0 Å². The molecule has 1 saturated heterocycles. The van der Waals surface area contributed by atoms with Crippen LogP contribution in [0.25, 0.3) is 11.4 Å². The number of carbonyl (C=O) groups is 1. The SMILES string of the molecule is Cc1ccc(C(=O)N2CCCC2c2nc(-c3ccccc3Cl)no2)cc1C. The van der Waals surface area contributed by atoms with Gasteiger partial charge >= 0.3 is 0 Å². The highest BCUT2D eigenvalue weighted by atomic mass is 35.5. The van der Waals surface area contributed by atoms with Gasteiger partial charge in [-0.2, -0.15) is 4.98 Å². The molecule has 138 valence electrons. The van der Waals surface area contributed by atoms with Crippen molar-refractivity contribution in [2.24, 2.45) is 0 Å². The van der Waals surface area contributed by atoms with Crippen LogP contribution < -0.4 is 0 Å². The third-order valence-electron chi connectivity index (χ3n) is 5.11. The van der Waals surface area contributed by atoms with Crippen LogP contribution in [-0.4, -0.2) is 27.5 Å². The van der Waals surface area contributed by atoms with Crippen molar-refractivity contribution in [2.45, 2.75) is 32.7 Å². The number of hydrogen-bond donors (Lipinski definition) is 0. The molecule has 1 amide bonds. The van der Waals surface area contributed by atoms with Gasteiger partial charge in [0.2, 0.25) is 11.7 Å². The van der Waals surface area contributed by atoms with Gasteiger partial charge in [-0.05, 0) is 62.1 Å². The molecule has 2 heterocycles. The zero-order chi connectivity index (χ0) is 19.0. The molecule has 1 aliphatic heterocycles. The summed E-state index contributed by atoms with van der Waals surface area (Å²) in [5.41, 5.74) is 3.69. The Kier molecular flexibility index (Phi) is 4.70. The molecule has 5 nitrogen and oxygen atoms in total. The van der Waals surface area contributed by atoms with Crippen molar-refractivity contribution in [3.05, 3.63) is 70.1 Å². The van der Waals surface area contributed by atoms with E-state index < -0.39 is 0 Å². The number of benzene rings is 2. The second-order valence-electron chi connectivity index (χ2n) is 6.89. The fraction of sp³-hybridized carbons (Fsp3) is 0.286. The van der Waals surface area contributed by atoms with Gasteiger partial charge in [-0.25, -0.2) is 0 Å². The summed E-state index contributed by atoms with van der Waals surface area (Å²) in [6, 6.07) is 13.0. The normalized spacial score (nSPS) is 16.7. The van der Waals surface area contributed by atoms with Crippen LogP contribution in [0.5, 0.6) is 0 Å². The highest BCUT2D eigenvalue weighted by molar-refractivity contribution is 6.33. The van der Waals surface area contributed by atoms with Gasteiger partial charge in [0.1, 0.15) is 6.04 Å². The summed E-state index contributed by atoms with van der Waals surface area (Å²) in [7, 11) is 0. The van der Waals surface area contributed by atoms with Crippen LogP contribution in [0.4, 0.5) is 0 Å². The first-order valence-corrected chi connectivity index (χ1v) is 9.39. The number of amides is 1. The van der Waals surface area contributed by atoms with E-state index in [1.54, 1.807) is 6.07 Å². The third kappa shape index (κ3) is 3.35. The minimum absolute atomic E-state index is 0.00177. The Bertz CT molecular complexity index is 999. The van der Waals surface area contributed by atoms with E-state index in [4.69, 9.17) is 16.1 Å². The van der Waals surface area contributed by atoms with E-state index in [0.29, 0.717) is 28.8 Å². The van der Waals surface area contributed by atoms with Crippen LogP contribution in [0, 0.1) is 13.8 Å². The molecule has 3 aromatic rings. The molecule has 0 spiro atoms. The van der Waals surface area contributed by atoms with Crippen molar-refractivity contribution >= 4 is 17.5 Å². The van der Waals surface area contributed by atoms with Crippen molar-refractivity contribution in [2.75, 3.05) is 6.54 Å². The molecule has 1 atom stereocenters. The van der Waals surface area contributed by atoms with Gasteiger partial charge in [0, 0.05) is 17.7 Å². The molecule has 0 aliphatic carbocycles. The molecule has 1 unspecified atom stereocenters. The van der Waals surface area contributed by atoms with E-state index in [1.165, 1.54) is 5.56 Å². The second kappa shape index (κ2) is 7.16. The average molecular weight is 382 g/mol. The van der Waals surface area contributed by atoms with Crippen molar-refractivity contribution in [3.63, 3.8) is 0 Å². The fourth-order valence-electron chi connectivity index (χ4n) is 3.43. The van der Waals surface area contributed by atoms with Crippen LogP contribution >= 0.6 is 11.6 Å². The van der Waals surface area contributed by atoms with Gasteiger partial charge in [-0.1, -0.05) is 35.0 Å². The number of aromatic nitrogens is 2. The van der Waals surface area contributed by atoms with E-state index in [9.17, 15) is 4.79 Å². The Labute approximate surface area is 163 Å². The second-order valence-corrected chi connectivity index (χ2v) is 7.30. The molecule has 0 saturated carbocycles. The molecular formula is C21H20ClN3O2. The molecule has 1 fully saturated rings. The topological polar surface area (TPSA) is 59.2 Å². The molecule has 0 radical (unpaired) electrons. The third-order valence-corrected chi connectivity index (χ3v) is 5.44. The number of carbonyl (C=O) groups excluding carboxylic acids is 1. The van der Waals surface area contributed by atoms with E-state index >= 15 is 0 Å². The lowest BCUT2D eigenvalue weighted by atomic mass is 10.1. The van der Waals surface area contributed by atoms with Gasteiger partial charge in [0.05, 0.1) is 5.02 Å². The smallest absolute Gasteiger partial charge is 0.254 e. The number of likely N-dealkylation sites (tertiary alicyclic amines) is 1. The number of aryl methyl sites for hydroxylation is 2. The first kappa shape index (κ1) is 17.7. The van der Waals surface area contributed by atoms with Crippen LogP contribution in [0.3, 0.4) is 0 Å². The molecular weight excluding hydrogens is 362 g/mol. The Morgan fingerprint density at radius 3 is 2.78 bits per heavy atom. The molecule has 4 rings (SSSR count). The molecule has 0 bridgehead atoms. The first-order valence-electron chi connectivity index (χ1n) is 9.01. The minimum Gasteiger partial charge on any atom is -0.337 e. The first-order chi connectivity index (χ1) is 13.0. The molecule has 0 N–H and O–H groups in total. The number of hydrogen-bond acceptors (Lipinski definition) is 4. The zero-order valence-electron chi connectivity index (χ0n) is 15.3. The van der Waals surface area contributed by atoms with Gasteiger partial charge in [0.25, 0.3) is 5.91 Å². The maximum Gasteiger partial charge on any atom is 0.254 e. The minimum atomic E-state index is -0.206. The van der Waals surface area contributed by atoms with E-state index in [1.807, 2.05) is 55.1 Å². The summed E-state index contributed by atoms with van der Waals surface area (Å²) in [6.07, 6.45) is 1.71. The van der Waals surface area contributed by atoms with Crippen LogP contribution in [0.2, 0.25) is 5.02 Å². The lowest BCUT2D eigenvalue weighted by Gasteiger charge is -2.22. The van der Waals surface area contributed by atoms with Crippen molar-refractivity contribution in [1.82, 2.24) is 15.0 Å². The van der Waals surface area contributed by atoms with E-state index in [2.05, 4.69) is 10.1 Å². The van der Waals surface area contributed by atoms with Crippen molar-refractivity contribution < 1.29 is 9.32 Å². The number of nitrogens with zero attached hydrogens (tertiary/aromatic N) is 3. The largest absolute Gasteiger partial charge is 0.337 e. The molecule has 1 aliphatic rings. The molecule has 1 aromatic heterocycles. The number of halogens is 1. The standard InChI is InChI=1S/C21H20ClN3O2/c1-13-9-10-15(12-14(13)2)21(26)25-11-5-8-18(25)20-23-19(24-27-20)16-6-3-4-7-17(16)22/h3-4,6-7,9-10,12,18H,5,8,11H2,1-2H3. The van der Waals surface area contributed by atoms with Gasteiger partial charge in [-0.3, -0.25) is 4.79 Å². The van der Waals surface area contributed by atoms with E-state index in [-0.39, 0.29) is 11.9 Å². The van der Waals surface area contributed by atoms with Crippen molar-refractivity contribution in [3.8, 4) is 11.4 Å². The summed E-state index contributed by atoms with van der Waals surface area (Å²) in [5.74, 6) is 0.902. The quantitative estimate of drug-likeness (QED) is 0.641. The average Bonchev–Trinajstić information content (AvgIpc) is 3.32. The monoisotopic (exact) mass is 381 g/mol. The molecule has 6 heteroatoms. The highest BCUT2D eigenvalue weighted by Crippen LogP contribution is 2.34. The Balaban J connectivity index is 1.61. The summed E-state index contributed by atoms with van der Waals surface area (Å²) in [6.45, 7) is 4.73. The van der Waals surface area contributed by atoms with Crippen LogP contribution in [-0.2, 0) is 0 Å². The predicted octanol–water partition coefficient (Wildman–Crippen LogP) is 4.98. The van der Waals surface area contributed by atoms with Gasteiger partial charge < -0.3 is 9.42 Å². The Hall–Kier alpha value is -2.66. The van der Waals surface area contributed by atoms with Gasteiger partial charge in [-0.15, -0.1) is 0 Å².